The molecule has 5 heteroatoms. The van der Waals surface area contributed by atoms with E-state index < -0.39 is 5.97 Å². The molecule has 1 saturated carbocycles. The zero-order valence-corrected chi connectivity index (χ0v) is 9.66. The van der Waals surface area contributed by atoms with Crippen LogP contribution in [-0.2, 0) is 9.59 Å². The summed E-state index contributed by atoms with van der Waals surface area (Å²) in [5.41, 5.74) is 0. The maximum absolute atomic E-state index is 11.3. The van der Waals surface area contributed by atoms with Gasteiger partial charge < -0.3 is 15.7 Å². The van der Waals surface area contributed by atoms with E-state index in [1.165, 1.54) is 0 Å². The fraction of sp³-hybridized carbons (Fsp3) is 0.818. The van der Waals surface area contributed by atoms with Crippen LogP contribution in [0.15, 0.2) is 0 Å². The number of hydrogen-bond donors (Lipinski definition) is 3. The van der Waals surface area contributed by atoms with Gasteiger partial charge in [-0.05, 0) is 32.7 Å². The molecule has 0 spiro atoms. The van der Waals surface area contributed by atoms with Crippen LogP contribution in [0.4, 0.5) is 0 Å². The van der Waals surface area contributed by atoms with Gasteiger partial charge in [-0.1, -0.05) is 0 Å². The Bertz CT molecular complexity index is 252. The Labute approximate surface area is 95.6 Å². The molecule has 0 aromatic rings. The highest BCUT2D eigenvalue weighted by Crippen LogP contribution is 2.18. The smallest absolute Gasteiger partial charge is 0.304 e. The van der Waals surface area contributed by atoms with Crippen LogP contribution in [0.25, 0.3) is 0 Å². The van der Waals surface area contributed by atoms with Gasteiger partial charge in [-0.25, -0.2) is 0 Å². The summed E-state index contributed by atoms with van der Waals surface area (Å²) in [5, 5.41) is 14.5. The zero-order valence-electron chi connectivity index (χ0n) is 9.66. The van der Waals surface area contributed by atoms with Gasteiger partial charge in [-0.3, -0.25) is 9.59 Å². The van der Waals surface area contributed by atoms with Crippen molar-refractivity contribution in [1.29, 1.82) is 0 Å². The SMILES string of the molecule is CC(CC(=O)O)NCCCC(=O)NC1CC1. The first-order valence-corrected chi connectivity index (χ1v) is 5.82. The number of hydrogen-bond acceptors (Lipinski definition) is 3. The van der Waals surface area contributed by atoms with E-state index in [9.17, 15) is 9.59 Å². The second-order valence-corrected chi connectivity index (χ2v) is 4.40. The van der Waals surface area contributed by atoms with Crippen LogP contribution in [0.2, 0.25) is 0 Å². The number of carbonyl (C=O) groups excluding carboxylic acids is 1. The Morgan fingerprint density at radius 3 is 2.69 bits per heavy atom. The van der Waals surface area contributed by atoms with E-state index in [-0.39, 0.29) is 18.4 Å². The van der Waals surface area contributed by atoms with Crippen LogP contribution >= 0.6 is 0 Å². The summed E-state index contributed by atoms with van der Waals surface area (Å²) in [7, 11) is 0. The molecule has 0 radical (unpaired) electrons. The minimum atomic E-state index is -0.800. The Morgan fingerprint density at radius 2 is 2.12 bits per heavy atom. The van der Waals surface area contributed by atoms with Crippen molar-refractivity contribution in [2.75, 3.05) is 6.54 Å². The van der Waals surface area contributed by atoms with Gasteiger partial charge in [0.1, 0.15) is 0 Å². The van der Waals surface area contributed by atoms with Gasteiger partial charge in [-0.15, -0.1) is 0 Å². The third kappa shape index (κ3) is 6.40. The summed E-state index contributed by atoms with van der Waals surface area (Å²) >= 11 is 0. The third-order valence-corrected chi connectivity index (χ3v) is 2.50. The molecule has 1 atom stereocenters. The number of carboxylic acids is 1. The quantitative estimate of drug-likeness (QED) is 0.529. The van der Waals surface area contributed by atoms with Gasteiger partial charge in [0.2, 0.25) is 5.91 Å². The Morgan fingerprint density at radius 1 is 1.44 bits per heavy atom. The molecule has 0 saturated heterocycles. The molecule has 0 bridgehead atoms. The lowest BCUT2D eigenvalue weighted by molar-refractivity contribution is -0.137. The van der Waals surface area contributed by atoms with Crippen molar-refractivity contribution in [1.82, 2.24) is 10.6 Å². The summed E-state index contributed by atoms with van der Waals surface area (Å²) in [6, 6.07) is 0.385. The van der Waals surface area contributed by atoms with Crippen LogP contribution < -0.4 is 10.6 Å². The lowest BCUT2D eigenvalue weighted by Gasteiger charge is -2.10. The van der Waals surface area contributed by atoms with Crippen LogP contribution in [0, 0.1) is 0 Å². The Kier molecular flexibility index (Phi) is 5.25. The molecule has 0 aromatic carbocycles. The minimum absolute atomic E-state index is 0.0380. The molecule has 0 heterocycles. The fourth-order valence-electron chi connectivity index (χ4n) is 1.46. The van der Waals surface area contributed by atoms with E-state index in [0.29, 0.717) is 19.0 Å². The van der Waals surface area contributed by atoms with Crippen molar-refractivity contribution in [2.24, 2.45) is 0 Å². The third-order valence-electron chi connectivity index (χ3n) is 2.50. The van der Waals surface area contributed by atoms with Gasteiger partial charge in [0.15, 0.2) is 0 Å². The minimum Gasteiger partial charge on any atom is -0.481 e. The van der Waals surface area contributed by atoms with Gasteiger partial charge in [-0.2, -0.15) is 0 Å². The van der Waals surface area contributed by atoms with E-state index in [4.69, 9.17) is 5.11 Å². The number of nitrogens with one attached hydrogen (secondary N) is 2. The maximum atomic E-state index is 11.3. The van der Waals surface area contributed by atoms with E-state index in [1.807, 2.05) is 6.92 Å². The number of amides is 1. The van der Waals surface area contributed by atoms with E-state index in [2.05, 4.69) is 10.6 Å². The Balaban J connectivity index is 1.93. The molecule has 0 aromatic heterocycles. The molecule has 1 rings (SSSR count). The molecular weight excluding hydrogens is 208 g/mol. The first-order valence-electron chi connectivity index (χ1n) is 5.82. The largest absolute Gasteiger partial charge is 0.481 e. The summed E-state index contributed by atoms with van der Waals surface area (Å²) in [4.78, 5) is 21.7. The van der Waals surface area contributed by atoms with Crippen molar-refractivity contribution in [3.8, 4) is 0 Å². The number of rotatable bonds is 8. The summed E-state index contributed by atoms with van der Waals surface area (Å²) in [5.74, 6) is -0.693. The van der Waals surface area contributed by atoms with Crippen molar-refractivity contribution < 1.29 is 14.7 Å². The van der Waals surface area contributed by atoms with Gasteiger partial charge >= 0.3 is 5.97 Å². The van der Waals surface area contributed by atoms with Crippen molar-refractivity contribution in [2.45, 2.75) is 51.1 Å². The summed E-state index contributed by atoms with van der Waals surface area (Å²) in [6.07, 6.45) is 3.61. The second kappa shape index (κ2) is 6.48. The van der Waals surface area contributed by atoms with Crippen molar-refractivity contribution in [3.63, 3.8) is 0 Å². The van der Waals surface area contributed by atoms with Crippen LogP contribution in [-0.4, -0.2) is 35.6 Å². The molecule has 5 nitrogen and oxygen atoms in total. The molecular formula is C11H20N2O3. The standard InChI is InChI=1S/C11H20N2O3/c1-8(7-11(15)16)12-6-2-3-10(14)13-9-4-5-9/h8-9,12H,2-7H2,1H3,(H,13,14)(H,15,16). The average molecular weight is 228 g/mol. The summed E-state index contributed by atoms with van der Waals surface area (Å²) in [6.45, 7) is 2.52. The molecule has 1 amide bonds. The van der Waals surface area contributed by atoms with Crippen LogP contribution in [0.3, 0.4) is 0 Å². The summed E-state index contributed by atoms with van der Waals surface area (Å²) < 4.78 is 0. The van der Waals surface area contributed by atoms with E-state index in [1.54, 1.807) is 0 Å². The molecule has 16 heavy (non-hydrogen) atoms. The lowest BCUT2D eigenvalue weighted by atomic mass is 10.2. The first-order chi connectivity index (χ1) is 7.58. The molecule has 92 valence electrons. The predicted molar refractivity (Wildman–Crippen MR) is 60.1 cm³/mol. The Hall–Kier alpha value is -1.10. The molecule has 1 fully saturated rings. The molecule has 1 unspecified atom stereocenters. The van der Waals surface area contributed by atoms with Gasteiger partial charge in [0.05, 0.1) is 6.42 Å². The predicted octanol–water partition coefficient (Wildman–Crippen LogP) is 0.498. The van der Waals surface area contributed by atoms with Gasteiger partial charge in [0, 0.05) is 18.5 Å². The number of aliphatic carboxylic acids is 1. The maximum Gasteiger partial charge on any atom is 0.304 e. The molecule has 3 N–H and O–H groups in total. The fourth-order valence-corrected chi connectivity index (χ4v) is 1.46. The highest BCUT2D eigenvalue weighted by molar-refractivity contribution is 5.76. The lowest BCUT2D eigenvalue weighted by Crippen LogP contribution is -2.31. The van der Waals surface area contributed by atoms with Crippen LogP contribution in [0.1, 0.15) is 39.0 Å². The highest BCUT2D eigenvalue weighted by atomic mass is 16.4. The van der Waals surface area contributed by atoms with Crippen LogP contribution in [0.5, 0.6) is 0 Å². The number of carboxylic acid groups (broad SMARTS) is 1. The first kappa shape index (κ1) is 13.0. The average Bonchev–Trinajstić information content (AvgIpc) is 2.95. The number of carbonyl (C=O) groups is 2. The normalized spacial score (nSPS) is 16.8. The van der Waals surface area contributed by atoms with Gasteiger partial charge in [0.25, 0.3) is 0 Å². The molecule has 1 aliphatic rings. The molecule has 1 aliphatic carbocycles. The zero-order chi connectivity index (χ0) is 12.0. The second-order valence-electron chi connectivity index (χ2n) is 4.40. The molecule has 0 aliphatic heterocycles. The monoisotopic (exact) mass is 228 g/mol. The van der Waals surface area contributed by atoms with E-state index >= 15 is 0 Å². The van der Waals surface area contributed by atoms with E-state index in [0.717, 1.165) is 19.3 Å². The highest BCUT2D eigenvalue weighted by Gasteiger charge is 2.22. The van der Waals surface area contributed by atoms with Crippen molar-refractivity contribution in [3.05, 3.63) is 0 Å². The topological polar surface area (TPSA) is 78.4 Å². The van der Waals surface area contributed by atoms with Crippen molar-refractivity contribution >= 4 is 11.9 Å².